The second-order valence-electron chi connectivity index (χ2n) is 13.0. The van der Waals surface area contributed by atoms with Crippen LogP contribution >= 0.6 is 11.6 Å². The van der Waals surface area contributed by atoms with Gasteiger partial charge in [-0.3, -0.25) is 24.3 Å². The Bertz CT molecular complexity index is 1990. The van der Waals surface area contributed by atoms with Crippen LogP contribution in [-0.2, 0) is 27.2 Å². The van der Waals surface area contributed by atoms with Crippen LogP contribution in [0.25, 0.3) is 21.8 Å². The molecule has 3 atom stereocenters. The van der Waals surface area contributed by atoms with Gasteiger partial charge in [-0.1, -0.05) is 79.5 Å². The molecule has 4 N–H and O–H groups in total. The molecule has 4 heterocycles. The van der Waals surface area contributed by atoms with Crippen molar-refractivity contribution >= 4 is 57.0 Å². The summed E-state index contributed by atoms with van der Waals surface area (Å²) in [7, 11) is 1.50. The van der Waals surface area contributed by atoms with Crippen molar-refractivity contribution in [2.45, 2.75) is 26.2 Å². The van der Waals surface area contributed by atoms with Crippen molar-refractivity contribution < 1.29 is 19.2 Å². The third kappa shape index (κ3) is 7.68. The maximum Gasteiger partial charge on any atom is 0.275 e. The summed E-state index contributed by atoms with van der Waals surface area (Å²) in [4.78, 5) is 59.0. The lowest BCUT2D eigenvalue weighted by molar-refractivity contribution is -0.139. The van der Waals surface area contributed by atoms with E-state index in [1.165, 1.54) is 25.5 Å². The molecule has 260 valence electrons. The van der Waals surface area contributed by atoms with Crippen molar-refractivity contribution in [3.05, 3.63) is 101 Å². The van der Waals surface area contributed by atoms with Crippen molar-refractivity contribution in [3.63, 3.8) is 0 Å². The summed E-state index contributed by atoms with van der Waals surface area (Å²) in [5.74, 6) is -1.76. The Kier molecular flexibility index (Phi) is 10.8. The Balaban J connectivity index is 0.000000419. The van der Waals surface area contributed by atoms with Gasteiger partial charge >= 0.3 is 0 Å². The molecule has 0 aliphatic carbocycles. The van der Waals surface area contributed by atoms with Crippen molar-refractivity contribution in [2.75, 3.05) is 39.8 Å². The minimum Gasteiger partial charge on any atom is -0.361 e. The zero-order valence-corrected chi connectivity index (χ0v) is 29.0. The number of nitrogens with zero attached hydrogens (tertiary/aromatic N) is 3. The molecule has 0 spiro atoms. The lowest BCUT2D eigenvalue weighted by atomic mass is 9.79. The standard InChI is InChI=1S/C29H30ClN7O4.C9H12/c1-31-25(38)11-33-28(40)22-15-36(26(39)8-16-10-32-24-9-18(30)6-7-19(16)24)12-17-13-37(14-21(17)22)29(41)27-20-4-2-3-5-23(20)34-35-27;1-2-6-9-7-4-3-5-8-9/h2-7,9-10,17,21-22,32H,8,11-15H2,1H3,(H,31,38)(H,33,40)(H,34,35);3-5,7-8H,2,6H2,1H3. The van der Waals surface area contributed by atoms with E-state index >= 15 is 0 Å². The highest BCUT2D eigenvalue weighted by Gasteiger charge is 2.48. The smallest absolute Gasteiger partial charge is 0.275 e. The van der Waals surface area contributed by atoms with E-state index in [4.69, 9.17) is 11.6 Å². The molecule has 5 aromatic rings. The number of rotatable bonds is 8. The normalized spacial score (nSPS) is 18.3. The fourth-order valence-electron chi connectivity index (χ4n) is 7.10. The number of carbonyl (C=O) groups excluding carboxylic acids is 4. The Morgan fingerprint density at radius 2 is 1.66 bits per heavy atom. The number of para-hydroxylation sites is 1. The monoisotopic (exact) mass is 695 g/mol. The van der Waals surface area contributed by atoms with Crippen LogP contribution in [0.1, 0.15) is 35.0 Å². The van der Waals surface area contributed by atoms with Crippen LogP contribution in [0.2, 0.25) is 5.02 Å². The van der Waals surface area contributed by atoms with E-state index < -0.39 is 5.92 Å². The molecule has 2 aliphatic rings. The summed E-state index contributed by atoms with van der Waals surface area (Å²) in [5.41, 5.74) is 4.25. The molecule has 3 unspecified atom stereocenters. The van der Waals surface area contributed by atoms with Gasteiger partial charge in [0.2, 0.25) is 17.7 Å². The summed E-state index contributed by atoms with van der Waals surface area (Å²) in [6, 6.07) is 23.5. The molecule has 50 heavy (non-hydrogen) atoms. The topological polar surface area (TPSA) is 143 Å². The number of piperidine rings is 1. The van der Waals surface area contributed by atoms with Gasteiger partial charge in [-0.25, -0.2) is 0 Å². The van der Waals surface area contributed by atoms with Gasteiger partial charge in [0, 0.05) is 60.7 Å². The van der Waals surface area contributed by atoms with Crippen LogP contribution in [0.5, 0.6) is 0 Å². The molecule has 0 saturated carbocycles. The van der Waals surface area contributed by atoms with E-state index in [-0.39, 0.29) is 55.0 Å². The van der Waals surface area contributed by atoms with Crippen molar-refractivity contribution in [1.82, 2.24) is 35.6 Å². The number of nitrogens with one attached hydrogen (secondary N) is 4. The van der Waals surface area contributed by atoms with Crippen molar-refractivity contribution in [3.8, 4) is 0 Å². The largest absolute Gasteiger partial charge is 0.361 e. The van der Waals surface area contributed by atoms with E-state index in [0.717, 1.165) is 27.4 Å². The lowest BCUT2D eigenvalue weighted by Crippen LogP contribution is -2.54. The molecule has 2 fully saturated rings. The second-order valence-corrected chi connectivity index (χ2v) is 13.4. The molecule has 2 aromatic heterocycles. The molecule has 12 heteroatoms. The van der Waals surface area contributed by atoms with Crippen LogP contribution in [0.3, 0.4) is 0 Å². The number of amides is 4. The SMILES string of the molecule is CCCc1ccccc1.CNC(=O)CNC(=O)C1CN(C(=O)Cc2c[nH]c3cc(Cl)ccc23)CC2CN(C(=O)c3n[nH]c4ccccc34)CC21. The minimum absolute atomic E-state index is 0.0978. The lowest BCUT2D eigenvalue weighted by Gasteiger charge is -2.39. The van der Waals surface area contributed by atoms with Crippen LogP contribution in [-0.4, -0.2) is 88.4 Å². The zero-order chi connectivity index (χ0) is 35.2. The predicted octanol–water partition coefficient (Wildman–Crippen LogP) is 4.59. The van der Waals surface area contributed by atoms with Gasteiger partial charge in [0.05, 0.1) is 24.4 Å². The average molecular weight is 696 g/mol. The summed E-state index contributed by atoms with van der Waals surface area (Å²) in [6.45, 7) is 3.46. The van der Waals surface area contributed by atoms with Gasteiger partial charge in [-0.05, 0) is 47.6 Å². The zero-order valence-electron chi connectivity index (χ0n) is 28.2. The second kappa shape index (κ2) is 15.6. The number of aromatic amines is 2. The van der Waals surface area contributed by atoms with Gasteiger partial charge in [0.25, 0.3) is 5.91 Å². The number of carbonyl (C=O) groups is 4. The molecule has 0 bridgehead atoms. The number of halogens is 1. The summed E-state index contributed by atoms with van der Waals surface area (Å²) < 4.78 is 0. The Morgan fingerprint density at radius 3 is 2.44 bits per heavy atom. The van der Waals surface area contributed by atoms with E-state index in [1.807, 2.05) is 42.6 Å². The quantitative estimate of drug-likeness (QED) is 0.188. The maximum absolute atomic E-state index is 13.6. The van der Waals surface area contributed by atoms with Gasteiger partial charge in [0.1, 0.15) is 0 Å². The maximum atomic E-state index is 13.6. The molecule has 0 radical (unpaired) electrons. The first-order valence-corrected chi connectivity index (χ1v) is 17.4. The minimum atomic E-state index is -0.571. The van der Waals surface area contributed by atoms with Crippen LogP contribution in [0, 0.1) is 17.8 Å². The molecule has 4 amide bonds. The van der Waals surface area contributed by atoms with Crippen molar-refractivity contribution in [1.29, 1.82) is 0 Å². The number of H-pyrrole nitrogens is 2. The van der Waals surface area contributed by atoms with Crippen molar-refractivity contribution in [2.24, 2.45) is 17.8 Å². The third-order valence-electron chi connectivity index (χ3n) is 9.68. The first-order chi connectivity index (χ1) is 24.2. The van der Waals surface area contributed by atoms with Crippen LogP contribution < -0.4 is 10.6 Å². The average Bonchev–Trinajstić information content (AvgIpc) is 3.87. The highest BCUT2D eigenvalue weighted by molar-refractivity contribution is 6.31. The van der Waals surface area contributed by atoms with E-state index in [2.05, 4.69) is 63.1 Å². The highest BCUT2D eigenvalue weighted by Crippen LogP contribution is 2.37. The number of benzene rings is 3. The van der Waals surface area contributed by atoms with Crippen LogP contribution in [0.15, 0.2) is 79.0 Å². The highest BCUT2D eigenvalue weighted by atomic mass is 35.5. The Hall–Kier alpha value is -5.16. The molecular weight excluding hydrogens is 654 g/mol. The fraction of sp³-hybridized carbons (Fsp3) is 0.342. The number of aryl methyl sites for hydroxylation is 1. The molecule has 2 aliphatic heterocycles. The summed E-state index contributed by atoms with van der Waals surface area (Å²) in [6.07, 6.45) is 4.42. The van der Waals surface area contributed by atoms with Gasteiger partial charge in [0.15, 0.2) is 5.69 Å². The number of likely N-dealkylation sites (tertiary alicyclic amines) is 2. The molecule has 11 nitrogen and oxygen atoms in total. The van der Waals surface area contributed by atoms with E-state index in [9.17, 15) is 19.2 Å². The predicted molar refractivity (Wildman–Crippen MR) is 194 cm³/mol. The van der Waals surface area contributed by atoms with E-state index in [0.29, 0.717) is 30.4 Å². The third-order valence-corrected chi connectivity index (χ3v) is 9.92. The number of aromatic nitrogens is 3. The number of hydrogen-bond acceptors (Lipinski definition) is 5. The number of fused-ring (bicyclic) bond motifs is 3. The van der Waals surface area contributed by atoms with Gasteiger partial charge in [-0.15, -0.1) is 0 Å². The first-order valence-electron chi connectivity index (χ1n) is 17.0. The summed E-state index contributed by atoms with van der Waals surface area (Å²) in [5, 5.41) is 14.7. The van der Waals surface area contributed by atoms with E-state index in [1.54, 1.807) is 15.9 Å². The molecular formula is C38H42ClN7O4. The summed E-state index contributed by atoms with van der Waals surface area (Å²) >= 11 is 6.11. The van der Waals surface area contributed by atoms with Crippen LogP contribution in [0.4, 0.5) is 0 Å². The van der Waals surface area contributed by atoms with Gasteiger partial charge < -0.3 is 25.4 Å². The number of likely N-dealkylation sites (N-methyl/N-ethyl adjacent to an activating group) is 1. The molecule has 3 aromatic carbocycles. The Labute approximate surface area is 295 Å². The first kappa shape index (κ1) is 34.7. The fourth-order valence-corrected chi connectivity index (χ4v) is 7.27. The number of hydrogen-bond donors (Lipinski definition) is 4. The molecule has 7 rings (SSSR count). The molecule has 2 saturated heterocycles. The van der Waals surface area contributed by atoms with Gasteiger partial charge in [-0.2, -0.15) is 5.10 Å². The Morgan fingerprint density at radius 1 is 0.900 bits per heavy atom.